The largest absolute Gasteiger partial charge is 0.363 e. The summed E-state index contributed by atoms with van der Waals surface area (Å²) in [5.74, 6) is 1.11. The Labute approximate surface area is 231 Å². The summed E-state index contributed by atoms with van der Waals surface area (Å²) in [6, 6.07) is 10.5. The van der Waals surface area contributed by atoms with E-state index in [1.165, 1.54) is 29.0 Å². The van der Waals surface area contributed by atoms with E-state index in [2.05, 4.69) is 45.9 Å². The number of likely N-dealkylation sites (N-methyl/N-ethyl adjacent to an activating group) is 1. The predicted octanol–water partition coefficient (Wildman–Crippen LogP) is 4.91. The van der Waals surface area contributed by atoms with Crippen molar-refractivity contribution in [2.45, 2.75) is 38.6 Å². The molecule has 1 N–H and O–H groups in total. The number of hydrogen-bond donors (Lipinski definition) is 1. The second-order valence-electron chi connectivity index (χ2n) is 10.1. The maximum absolute atomic E-state index is 13.6. The van der Waals surface area contributed by atoms with Gasteiger partial charge in [0.25, 0.3) is 0 Å². The molecule has 3 aromatic heterocycles. The van der Waals surface area contributed by atoms with Gasteiger partial charge in [0.2, 0.25) is 5.91 Å². The molecule has 1 fully saturated rings. The van der Waals surface area contributed by atoms with Crippen LogP contribution in [0.4, 0.5) is 10.2 Å². The Kier molecular flexibility index (Phi) is 7.91. The van der Waals surface area contributed by atoms with Crippen LogP contribution in [-0.4, -0.2) is 63.8 Å². The molecule has 1 amide bonds. The Morgan fingerprint density at radius 1 is 1.23 bits per heavy atom. The number of halogens is 1. The molecule has 0 aliphatic carbocycles. The van der Waals surface area contributed by atoms with Gasteiger partial charge in [-0.25, -0.2) is 14.4 Å². The van der Waals surface area contributed by atoms with E-state index in [1.807, 2.05) is 5.38 Å². The summed E-state index contributed by atoms with van der Waals surface area (Å²) in [7, 11) is 3.60. The van der Waals surface area contributed by atoms with Crippen molar-refractivity contribution in [2.75, 3.05) is 39.0 Å². The number of carbonyl (C=O) groups is 1. The van der Waals surface area contributed by atoms with Crippen LogP contribution in [0.1, 0.15) is 47.5 Å². The molecule has 10 heteroatoms. The fraction of sp³-hybridized carbons (Fsp3) is 0.379. The molecule has 4 heterocycles. The summed E-state index contributed by atoms with van der Waals surface area (Å²) < 4.78 is 15.7. The SMILES string of the molecule is CCc1nc2ccc(C3CCN(CC(=O)N(C)C)CC3)cn2c1NCc1nc(-c2ccc(F)cc2C#N)cs1. The summed E-state index contributed by atoms with van der Waals surface area (Å²) in [6.45, 7) is 4.90. The van der Waals surface area contributed by atoms with Gasteiger partial charge >= 0.3 is 0 Å². The number of pyridine rings is 1. The molecule has 8 nitrogen and oxygen atoms in total. The van der Waals surface area contributed by atoms with E-state index in [0.29, 0.717) is 30.3 Å². The minimum Gasteiger partial charge on any atom is -0.363 e. The summed E-state index contributed by atoms with van der Waals surface area (Å²) in [6.07, 6.45) is 5.02. The molecular formula is C29H32FN7OS. The number of aromatic nitrogens is 3. The molecule has 0 radical (unpaired) electrons. The van der Waals surface area contributed by atoms with Gasteiger partial charge in [0.1, 0.15) is 22.3 Å². The number of aryl methyl sites for hydroxylation is 1. The van der Waals surface area contributed by atoms with E-state index >= 15 is 0 Å². The molecule has 202 valence electrons. The lowest BCUT2D eigenvalue weighted by Gasteiger charge is -2.32. The van der Waals surface area contributed by atoms with Crippen LogP contribution in [0.25, 0.3) is 16.9 Å². The van der Waals surface area contributed by atoms with Crippen molar-refractivity contribution in [3.05, 3.63) is 69.6 Å². The lowest BCUT2D eigenvalue weighted by atomic mass is 9.90. The quantitative estimate of drug-likeness (QED) is 0.338. The minimum absolute atomic E-state index is 0.145. The summed E-state index contributed by atoms with van der Waals surface area (Å²) in [5.41, 5.74) is 4.75. The van der Waals surface area contributed by atoms with E-state index in [1.54, 1.807) is 25.1 Å². The van der Waals surface area contributed by atoms with Gasteiger partial charge in [-0.1, -0.05) is 13.0 Å². The van der Waals surface area contributed by atoms with Gasteiger partial charge in [-0.15, -0.1) is 11.3 Å². The fourth-order valence-electron chi connectivity index (χ4n) is 5.05. The highest BCUT2D eigenvalue weighted by molar-refractivity contribution is 7.10. The number of carbonyl (C=O) groups excluding carboxylic acids is 1. The first-order chi connectivity index (χ1) is 18.9. The molecule has 1 saturated heterocycles. The Morgan fingerprint density at radius 3 is 2.74 bits per heavy atom. The first-order valence-electron chi connectivity index (χ1n) is 13.2. The van der Waals surface area contributed by atoms with E-state index in [-0.39, 0.29) is 11.5 Å². The van der Waals surface area contributed by atoms with Crippen LogP contribution in [0.2, 0.25) is 0 Å². The van der Waals surface area contributed by atoms with Crippen LogP contribution in [-0.2, 0) is 17.8 Å². The summed E-state index contributed by atoms with van der Waals surface area (Å²) >= 11 is 1.50. The molecule has 1 aliphatic heterocycles. The molecule has 0 unspecified atom stereocenters. The van der Waals surface area contributed by atoms with Crippen molar-refractivity contribution >= 4 is 28.7 Å². The van der Waals surface area contributed by atoms with Crippen LogP contribution in [0.15, 0.2) is 41.9 Å². The van der Waals surface area contributed by atoms with Crippen molar-refractivity contribution in [1.29, 1.82) is 5.26 Å². The number of nitrogens with zero attached hydrogens (tertiary/aromatic N) is 6. The zero-order chi connectivity index (χ0) is 27.5. The first-order valence-corrected chi connectivity index (χ1v) is 14.1. The number of amides is 1. The molecule has 4 aromatic rings. The molecule has 0 atom stereocenters. The minimum atomic E-state index is -0.434. The molecular weight excluding hydrogens is 513 g/mol. The second kappa shape index (κ2) is 11.5. The van der Waals surface area contributed by atoms with Crippen LogP contribution >= 0.6 is 11.3 Å². The molecule has 0 bridgehead atoms. The monoisotopic (exact) mass is 545 g/mol. The average Bonchev–Trinajstić information content (AvgIpc) is 3.56. The van der Waals surface area contributed by atoms with Gasteiger partial charge in [0.15, 0.2) is 0 Å². The third-order valence-corrected chi connectivity index (χ3v) is 8.15. The van der Waals surface area contributed by atoms with Crippen molar-refractivity contribution in [1.82, 2.24) is 24.2 Å². The van der Waals surface area contributed by atoms with Crippen LogP contribution in [0.3, 0.4) is 0 Å². The fourth-order valence-corrected chi connectivity index (χ4v) is 5.78. The standard InChI is InChI=1S/C29H32FN7OS/c1-4-24-29(32-15-27-34-25(18-39-27)23-7-6-22(30)13-21(23)14-31)37-16-20(5-8-26(37)33-24)19-9-11-36(12-10-19)17-28(38)35(2)3/h5-8,13,16,18-19,32H,4,9-12,15,17H2,1-3H3. The number of benzene rings is 1. The highest BCUT2D eigenvalue weighted by atomic mass is 32.1. The number of piperidine rings is 1. The number of thiazole rings is 1. The number of hydrogen-bond acceptors (Lipinski definition) is 7. The van der Waals surface area contributed by atoms with Gasteiger partial charge in [0, 0.05) is 31.2 Å². The molecule has 0 saturated carbocycles. The zero-order valence-corrected chi connectivity index (χ0v) is 23.3. The van der Waals surface area contributed by atoms with Crippen LogP contribution in [0, 0.1) is 17.1 Å². The number of rotatable bonds is 8. The third kappa shape index (κ3) is 5.79. The average molecular weight is 546 g/mol. The third-order valence-electron chi connectivity index (χ3n) is 7.30. The van der Waals surface area contributed by atoms with E-state index in [0.717, 1.165) is 54.5 Å². The maximum Gasteiger partial charge on any atom is 0.236 e. The molecule has 1 aromatic carbocycles. The number of imidazole rings is 1. The Hall–Kier alpha value is -3.81. The zero-order valence-electron chi connectivity index (χ0n) is 22.4. The second-order valence-corrected chi connectivity index (χ2v) is 11.0. The topological polar surface area (TPSA) is 89.6 Å². The van der Waals surface area contributed by atoms with Gasteiger partial charge in [-0.2, -0.15) is 5.26 Å². The summed E-state index contributed by atoms with van der Waals surface area (Å²) in [4.78, 5) is 25.5. The maximum atomic E-state index is 13.6. The van der Waals surface area contributed by atoms with Crippen molar-refractivity contribution in [2.24, 2.45) is 0 Å². The van der Waals surface area contributed by atoms with Gasteiger partial charge in [-0.3, -0.25) is 14.1 Å². The molecule has 39 heavy (non-hydrogen) atoms. The molecule has 1 aliphatic rings. The Balaban J connectivity index is 1.31. The van der Waals surface area contributed by atoms with Gasteiger partial charge in [0.05, 0.1) is 36.1 Å². The summed E-state index contributed by atoms with van der Waals surface area (Å²) in [5, 5.41) is 15.7. The highest BCUT2D eigenvalue weighted by Crippen LogP contribution is 2.31. The molecule has 5 rings (SSSR count). The number of fused-ring (bicyclic) bond motifs is 1. The van der Waals surface area contributed by atoms with Gasteiger partial charge in [-0.05, 0) is 68.1 Å². The lowest BCUT2D eigenvalue weighted by Crippen LogP contribution is -2.40. The first kappa shape index (κ1) is 26.8. The predicted molar refractivity (Wildman–Crippen MR) is 151 cm³/mol. The van der Waals surface area contributed by atoms with Crippen LogP contribution in [0.5, 0.6) is 0 Å². The highest BCUT2D eigenvalue weighted by Gasteiger charge is 2.23. The van der Waals surface area contributed by atoms with E-state index < -0.39 is 5.82 Å². The molecule has 0 spiro atoms. The normalized spacial score (nSPS) is 14.4. The van der Waals surface area contributed by atoms with Crippen molar-refractivity contribution in [3.8, 4) is 17.3 Å². The smallest absolute Gasteiger partial charge is 0.236 e. The van der Waals surface area contributed by atoms with Crippen LogP contribution < -0.4 is 5.32 Å². The van der Waals surface area contributed by atoms with Crippen molar-refractivity contribution in [3.63, 3.8) is 0 Å². The van der Waals surface area contributed by atoms with E-state index in [9.17, 15) is 14.4 Å². The number of anilines is 1. The lowest BCUT2D eigenvalue weighted by molar-refractivity contribution is -0.130. The number of nitriles is 1. The van der Waals surface area contributed by atoms with E-state index in [4.69, 9.17) is 9.97 Å². The Bertz CT molecular complexity index is 1530. The van der Waals surface area contributed by atoms with Gasteiger partial charge < -0.3 is 10.2 Å². The van der Waals surface area contributed by atoms with Crippen molar-refractivity contribution < 1.29 is 9.18 Å². The Morgan fingerprint density at radius 2 is 2.03 bits per heavy atom. The number of likely N-dealkylation sites (tertiary alicyclic amines) is 1. The number of nitrogens with one attached hydrogen (secondary N) is 1.